The van der Waals surface area contributed by atoms with Gasteiger partial charge in [0.25, 0.3) is 0 Å². The Labute approximate surface area is 137 Å². The molecule has 0 saturated carbocycles. The third-order valence-corrected chi connectivity index (χ3v) is 4.07. The Morgan fingerprint density at radius 2 is 1.86 bits per heavy atom. The molecule has 1 aromatic carbocycles. The van der Waals surface area contributed by atoms with Gasteiger partial charge in [0.05, 0.1) is 5.56 Å². The first-order valence-corrected chi connectivity index (χ1v) is 7.53. The summed E-state index contributed by atoms with van der Waals surface area (Å²) in [6.45, 7) is 5.52. The Morgan fingerprint density at radius 3 is 2.38 bits per heavy atom. The molecule has 0 radical (unpaired) electrons. The van der Waals surface area contributed by atoms with Crippen LogP contribution in [-0.4, -0.2) is 31.1 Å². The first-order chi connectivity index (χ1) is 9.41. The number of nitrogens with zero attached hydrogens (tertiary/aromatic N) is 1. The van der Waals surface area contributed by atoms with Gasteiger partial charge < -0.3 is 5.32 Å². The molecule has 120 valence electrons. The van der Waals surface area contributed by atoms with E-state index in [1.165, 1.54) is 6.07 Å². The number of alkyl halides is 3. The van der Waals surface area contributed by atoms with Gasteiger partial charge in [0.15, 0.2) is 0 Å². The van der Waals surface area contributed by atoms with Crippen LogP contribution < -0.4 is 5.32 Å². The van der Waals surface area contributed by atoms with E-state index in [1.807, 2.05) is 6.92 Å². The normalized spacial score (nSPS) is 18.1. The van der Waals surface area contributed by atoms with Gasteiger partial charge in [-0.2, -0.15) is 13.2 Å². The maximum Gasteiger partial charge on any atom is 0.416 e. The molecule has 21 heavy (non-hydrogen) atoms. The van der Waals surface area contributed by atoms with Crippen molar-refractivity contribution in [2.24, 2.45) is 0 Å². The van der Waals surface area contributed by atoms with Gasteiger partial charge in [-0.25, -0.2) is 0 Å². The Kier molecular flexibility index (Phi) is 6.97. The summed E-state index contributed by atoms with van der Waals surface area (Å²) in [6, 6.07) is 4.25. The highest BCUT2D eigenvalue weighted by atomic mass is 79.9. The van der Waals surface area contributed by atoms with Crippen molar-refractivity contribution in [3.05, 3.63) is 33.8 Å². The van der Waals surface area contributed by atoms with E-state index in [1.54, 1.807) is 6.07 Å². The van der Waals surface area contributed by atoms with Gasteiger partial charge in [0, 0.05) is 36.7 Å². The van der Waals surface area contributed by atoms with E-state index < -0.39 is 11.7 Å². The summed E-state index contributed by atoms with van der Waals surface area (Å²) in [6.07, 6.45) is -3.51. The van der Waals surface area contributed by atoms with Gasteiger partial charge in [-0.3, -0.25) is 4.90 Å². The molecule has 7 heteroatoms. The molecule has 0 spiro atoms. The predicted octanol–water partition coefficient (Wildman–Crippen LogP) is 4.25. The highest BCUT2D eigenvalue weighted by Crippen LogP contribution is 2.35. The molecule has 0 unspecified atom stereocenters. The minimum Gasteiger partial charge on any atom is -0.314 e. The molecular formula is C14H19BrClF3N2. The van der Waals surface area contributed by atoms with Crippen molar-refractivity contribution >= 4 is 28.3 Å². The van der Waals surface area contributed by atoms with E-state index >= 15 is 0 Å². The summed E-state index contributed by atoms with van der Waals surface area (Å²) in [7, 11) is 0. The molecule has 0 amide bonds. The zero-order valence-corrected chi connectivity index (χ0v) is 14.1. The van der Waals surface area contributed by atoms with E-state index in [0.717, 1.165) is 44.2 Å². The number of hydrogen-bond donors (Lipinski definition) is 1. The van der Waals surface area contributed by atoms with E-state index in [-0.39, 0.29) is 18.4 Å². The quantitative estimate of drug-likeness (QED) is 0.834. The average molecular weight is 388 g/mol. The predicted molar refractivity (Wildman–Crippen MR) is 83.9 cm³/mol. The van der Waals surface area contributed by atoms with Crippen molar-refractivity contribution in [2.75, 3.05) is 26.2 Å². The number of benzene rings is 1. The second kappa shape index (κ2) is 7.81. The number of halogens is 5. The second-order valence-electron chi connectivity index (χ2n) is 4.98. The molecular weight excluding hydrogens is 369 g/mol. The number of hydrogen-bond acceptors (Lipinski definition) is 2. The van der Waals surface area contributed by atoms with E-state index in [4.69, 9.17) is 0 Å². The molecule has 1 N–H and O–H groups in total. The van der Waals surface area contributed by atoms with Gasteiger partial charge in [-0.05, 0) is 30.2 Å². The summed E-state index contributed by atoms with van der Waals surface area (Å²) in [4.78, 5) is 2.25. The highest BCUT2D eigenvalue weighted by molar-refractivity contribution is 9.10. The van der Waals surface area contributed by atoms with Crippen molar-refractivity contribution in [3.8, 4) is 0 Å². The van der Waals surface area contributed by atoms with E-state index in [9.17, 15) is 13.2 Å². The topological polar surface area (TPSA) is 15.3 Å². The summed E-state index contributed by atoms with van der Waals surface area (Å²) in [5.74, 6) is 0. The summed E-state index contributed by atoms with van der Waals surface area (Å²) >= 11 is 3.20. The average Bonchev–Trinajstić information content (AvgIpc) is 2.39. The smallest absolute Gasteiger partial charge is 0.314 e. The fraction of sp³-hybridized carbons (Fsp3) is 0.571. The van der Waals surface area contributed by atoms with Crippen molar-refractivity contribution in [1.29, 1.82) is 0 Å². The van der Waals surface area contributed by atoms with Crippen molar-refractivity contribution < 1.29 is 13.2 Å². The Morgan fingerprint density at radius 1 is 1.24 bits per heavy atom. The van der Waals surface area contributed by atoms with Crippen molar-refractivity contribution in [1.82, 2.24) is 10.2 Å². The molecule has 2 rings (SSSR count). The summed E-state index contributed by atoms with van der Waals surface area (Å²) in [5, 5.41) is 3.26. The lowest BCUT2D eigenvalue weighted by Crippen LogP contribution is -2.45. The maximum absolute atomic E-state index is 12.9. The minimum atomic E-state index is -4.31. The fourth-order valence-corrected chi connectivity index (χ4v) is 3.18. The standard InChI is InChI=1S/C14H18BrF3N2.ClH/c1-2-13(20-5-3-19-4-6-20)10-7-11(14(16,17)18)9-12(15)8-10;/h7-9,13,19H,2-6H2,1H3;1H/t13-;/m1./s1. The SMILES string of the molecule is CC[C@H](c1cc(Br)cc(C(F)(F)F)c1)N1CCNCC1.Cl. The molecule has 1 aliphatic heterocycles. The molecule has 2 nitrogen and oxygen atoms in total. The molecule has 1 heterocycles. The molecule has 0 aromatic heterocycles. The van der Waals surface area contributed by atoms with Crippen LogP contribution in [-0.2, 0) is 6.18 Å². The Hall–Kier alpha value is -0.300. The summed E-state index contributed by atoms with van der Waals surface area (Å²) < 4.78 is 39.2. The van der Waals surface area contributed by atoms with Crippen LogP contribution in [0.3, 0.4) is 0 Å². The van der Waals surface area contributed by atoms with Crippen LogP contribution in [0, 0.1) is 0 Å². The van der Waals surface area contributed by atoms with Gasteiger partial charge in [-0.1, -0.05) is 22.9 Å². The van der Waals surface area contributed by atoms with Crippen LogP contribution in [0.4, 0.5) is 13.2 Å². The number of rotatable bonds is 3. The lowest BCUT2D eigenvalue weighted by molar-refractivity contribution is -0.137. The van der Waals surface area contributed by atoms with Crippen LogP contribution in [0.2, 0.25) is 0 Å². The van der Waals surface area contributed by atoms with E-state index in [2.05, 4.69) is 26.1 Å². The fourth-order valence-electron chi connectivity index (χ4n) is 2.67. The minimum absolute atomic E-state index is 0. The third kappa shape index (κ3) is 4.84. The molecule has 1 atom stereocenters. The highest BCUT2D eigenvalue weighted by Gasteiger charge is 2.32. The molecule has 1 aromatic rings. The number of piperazine rings is 1. The number of nitrogens with one attached hydrogen (secondary N) is 1. The van der Waals surface area contributed by atoms with E-state index in [0.29, 0.717) is 4.47 Å². The molecule has 1 fully saturated rings. The monoisotopic (exact) mass is 386 g/mol. The maximum atomic E-state index is 12.9. The lowest BCUT2D eigenvalue weighted by atomic mass is 9.99. The molecule has 0 bridgehead atoms. The first kappa shape index (κ1) is 18.7. The zero-order valence-electron chi connectivity index (χ0n) is 11.7. The largest absolute Gasteiger partial charge is 0.416 e. The van der Waals surface area contributed by atoms with Crippen LogP contribution in [0.1, 0.15) is 30.5 Å². The Bertz CT molecular complexity index is 462. The van der Waals surface area contributed by atoms with Crippen LogP contribution in [0.25, 0.3) is 0 Å². The van der Waals surface area contributed by atoms with Gasteiger partial charge in [-0.15, -0.1) is 12.4 Å². The molecule has 0 aliphatic carbocycles. The Balaban J connectivity index is 0.00000220. The first-order valence-electron chi connectivity index (χ1n) is 6.74. The second-order valence-corrected chi connectivity index (χ2v) is 5.90. The van der Waals surface area contributed by atoms with Crippen LogP contribution in [0.15, 0.2) is 22.7 Å². The molecule has 1 saturated heterocycles. The van der Waals surface area contributed by atoms with Crippen LogP contribution >= 0.6 is 28.3 Å². The molecule has 1 aliphatic rings. The lowest BCUT2D eigenvalue weighted by Gasteiger charge is -2.35. The van der Waals surface area contributed by atoms with Crippen LogP contribution in [0.5, 0.6) is 0 Å². The summed E-state index contributed by atoms with van der Waals surface area (Å²) in [5.41, 5.74) is 0.145. The van der Waals surface area contributed by atoms with Gasteiger partial charge in [0.1, 0.15) is 0 Å². The van der Waals surface area contributed by atoms with Crippen molar-refractivity contribution in [2.45, 2.75) is 25.6 Å². The van der Waals surface area contributed by atoms with Gasteiger partial charge in [0.2, 0.25) is 0 Å². The van der Waals surface area contributed by atoms with Gasteiger partial charge >= 0.3 is 6.18 Å². The third-order valence-electron chi connectivity index (χ3n) is 3.61. The zero-order chi connectivity index (χ0) is 14.8. The van der Waals surface area contributed by atoms with Crippen molar-refractivity contribution in [3.63, 3.8) is 0 Å².